The van der Waals surface area contributed by atoms with Gasteiger partial charge in [-0.1, -0.05) is 12.1 Å². The summed E-state index contributed by atoms with van der Waals surface area (Å²) < 4.78 is 15.7. The SMILES string of the molecule is CN1CCN(Cc2ccc(-n3cc4c(F)ccc(C(N)=O)c4n3)cc2)CC1. The highest BCUT2D eigenvalue weighted by Gasteiger charge is 2.16. The molecule has 0 saturated carbocycles. The summed E-state index contributed by atoms with van der Waals surface area (Å²) in [7, 11) is 2.15. The maximum absolute atomic E-state index is 14.1. The standard InChI is InChI=1S/C20H22FN5O/c1-24-8-10-25(11-9-24)12-14-2-4-15(5-3-14)26-13-17-18(21)7-6-16(20(22)27)19(17)23-26/h2-7,13H,8-12H2,1H3,(H2,22,27). The van der Waals surface area contributed by atoms with Crippen LogP contribution in [-0.4, -0.2) is 58.7 Å². The minimum absolute atomic E-state index is 0.219. The van der Waals surface area contributed by atoms with Gasteiger partial charge in [0.2, 0.25) is 0 Å². The number of primary amides is 1. The minimum Gasteiger partial charge on any atom is -0.366 e. The summed E-state index contributed by atoms with van der Waals surface area (Å²) in [6.45, 7) is 5.23. The van der Waals surface area contributed by atoms with Gasteiger partial charge in [0.1, 0.15) is 11.3 Å². The molecule has 0 radical (unpaired) electrons. The molecule has 0 aliphatic carbocycles. The molecule has 27 heavy (non-hydrogen) atoms. The van der Waals surface area contributed by atoms with Gasteiger partial charge in [0.25, 0.3) is 5.91 Å². The zero-order chi connectivity index (χ0) is 19.0. The lowest BCUT2D eigenvalue weighted by Gasteiger charge is -2.32. The van der Waals surface area contributed by atoms with E-state index in [9.17, 15) is 9.18 Å². The lowest BCUT2D eigenvalue weighted by Crippen LogP contribution is -2.43. The van der Waals surface area contributed by atoms with E-state index in [1.165, 1.54) is 17.7 Å². The lowest BCUT2D eigenvalue weighted by molar-refractivity contribution is 0.100. The average Bonchev–Trinajstić information content (AvgIpc) is 3.10. The number of nitrogens with two attached hydrogens (primary N) is 1. The van der Waals surface area contributed by atoms with E-state index in [0.717, 1.165) is 38.4 Å². The highest BCUT2D eigenvalue weighted by molar-refractivity contribution is 6.04. The number of rotatable bonds is 4. The summed E-state index contributed by atoms with van der Waals surface area (Å²) in [5, 5.41) is 4.66. The maximum Gasteiger partial charge on any atom is 0.250 e. The molecule has 0 bridgehead atoms. The van der Waals surface area contributed by atoms with E-state index < -0.39 is 11.7 Å². The quantitative estimate of drug-likeness (QED) is 0.766. The van der Waals surface area contributed by atoms with Gasteiger partial charge in [0, 0.05) is 38.9 Å². The molecule has 1 fully saturated rings. The zero-order valence-corrected chi connectivity index (χ0v) is 15.2. The first-order valence-electron chi connectivity index (χ1n) is 8.99. The van der Waals surface area contributed by atoms with E-state index in [1.807, 2.05) is 12.1 Å². The third-order valence-electron chi connectivity index (χ3n) is 5.09. The molecule has 1 aliphatic heterocycles. The molecule has 1 saturated heterocycles. The molecule has 2 aromatic carbocycles. The summed E-state index contributed by atoms with van der Waals surface area (Å²) in [5.41, 5.74) is 7.91. The molecule has 1 amide bonds. The summed E-state index contributed by atoms with van der Waals surface area (Å²) >= 11 is 0. The molecule has 0 unspecified atom stereocenters. The number of piperazine rings is 1. The van der Waals surface area contributed by atoms with Crippen LogP contribution < -0.4 is 5.73 Å². The molecule has 2 heterocycles. The molecule has 2 N–H and O–H groups in total. The number of halogens is 1. The molecule has 3 aromatic rings. The molecule has 140 valence electrons. The summed E-state index contributed by atoms with van der Waals surface area (Å²) in [4.78, 5) is 16.3. The van der Waals surface area contributed by atoms with Crippen LogP contribution in [0.4, 0.5) is 4.39 Å². The Morgan fingerprint density at radius 3 is 2.48 bits per heavy atom. The highest BCUT2D eigenvalue weighted by Crippen LogP contribution is 2.22. The van der Waals surface area contributed by atoms with Gasteiger partial charge in [-0.05, 0) is 36.9 Å². The van der Waals surface area contributed by atoms with Gasteiger partial charge >= 0.3 is 0 Å². The average molecular weight is 367 g/mol. The number of aromatic nitrogens is 2. The number of nitrogens with zero attached hydrogens (tertiary/aromatic N) is 4. The van der Waals surface area contributed by atoms with Gasteiger partial charge < -0.3 is 10.6 Å². The number of amides is 1. The van der Waals surface area contributed by atoms with Crippen molar-refractivity contribution in [3.05, 3.63) is 59.5 Å². The van der Waals surface area contributed by atoms with Gasteiger partial charge in [0.05, 0.1) is 16.6 Å². The number of carbonyl (C=O) groups is 1. The Kier molecular flexibility index (Phi) is 4.63. The predicted molar refractivity (Wildman–Crippen MR) is 102 cm³/mol. The predicted octanol–water partition coefficient (Wildman–Crippen LogP) is 2.01. The molecular weight excluding hydrogens is 345 g/mol. The monoisotopic (exact) mass is 367 g/mol. The van der Waals surface area contributed by atoms with Gasteiger partial charge in [-0.25, -0.2) is 9.07 Å². The number of carbonyl (C=O) groups excluding carboxylic acids is 1. The van der Waals surface area contributed by atoms with E-state index >= 15 is 0 Å². The van der Waals surface area contributed by atoms with E-state index in [2.05, 4.69) is 34.1 Å². The molecule has 1 aliphatic rings. The smallest absolute Gasteiger partial charge is 0.250 e. The largest absolute Gasteiger partial charge is 0.366 e. The second kappa shape index (κ2) is 7.09. The third-order valence-corrected chi connectivity index (χ3v) is 5.09. The first-order valence-corrected chi connectivity index (χ1v) is 8.99. The van der Waals surface area contributed by atoms with Crippen molar-refractivity contribution >= 4 is 16.8 Å². The molecule has 1 aromatic heterocycles. The van der Waals surface area contributed by atoms with Crippen molar-refractivity contribution in [3.8, 4) is 5.69 Å². The fraction of sp³-hybridized carbons (Fsp3) is 0.300. The Hall–Kier alpha value is -2.77. The number of hydrogen-bond donors (Lipinski definition) is 1. The van der Waals surface area contributed by atoms with Crippen molar-refractivity contribution in [2.24, 2.45) is 5.73 Å². The Labute approximate surface area is 157 Å². The topological polar surface area (TPSA) is 67.4 Å². The molecule has 4 rings (SSSR count). The summed E-state index contributed by atoms with van der Waals surface area (Å²) in [6.07, 6.45) is 1.59. The number of hydrogen-bond acceptors (Lipinski definition) is 4. The number of fused-ring (bicyclic) bond motifs is 1. The zero-order valence-electron chi connectivity index (χ0n) is 15.2. The van der Waals surface area contributed by atoms with Crippen LogP contribution in [0, 0.1) is 5.82 Å². The van der Waals surface area contributed by atoms with Crippen molar-refractivity contribution in [2.75, 3.05) is 33.2 Å². The second-order valence-corrected chi connectivity index (χ2v) is 7.04. The third kappa shape index (κ3) is 3.56. The van der Waals surface area contributed by atoms with Crippen molar-refractivity contribution < 1.29 is 9.18 Å². The van der Waals surface area contributed by atoms with Crippen LogP contribution in [-0.2, 0) is 6.54 Å². The number of likely N-dealkylation sites (N-methyl/N-ethyl adjacent to an activating group) is 1. The lowest BCUT2D eigenvalue weighted by atomic mass is 10.1. The summed E-state index contributed by atoms with van der Waals surface area (Å²) in [6, 6.07) is 10.7. The Morgan fingerprint density at radius 1 is 1.11 bits per heavy atom. The highest BCUT2D eigenvalue weighted by atomic mass is 19.1. The van der Waals surface area contributed by atoms with E-state index in [1.54, 1.807) is 10.9 Å². The van der Waals surface area contributed by atoms with Crippen LogP contribution in [0.1, 0.15) is 15.9 Å². The van der Waals surface area contributed by atoms with E-state index in [0.29, 0.717) is 0 Å². The van der Waals surface area contributed by atoms with Crippen molar-refractivity contribution in [1.82, 2.24) is 19.6 Å². The van der Waals surface area contributed by atoms with Crippen LogP contribution in [0.3, 0.4) is 0 Å². The van der Waals surface area contributed by atoms with E-state index in [4.69, 9.17) is 5.73 Å². The van der Waals surface area contributed by atoms with Gasteiger partial charge in [-0.15, -0.1) is 0 Å². The minimum atomic E-state index is -0.618. The molecule has 0 atom stereocenters. The fourth-order valence-electron chi connectivity index (χ4n) is 3.42. The van der Waals surface area contributed by atoms with Crippen molar-refractivity contribution in [1.29, 1.82) is 0 Å². The first-order chi connectivity index (χ1) is 13.0. The van der Waals surface area contributed by atoms with Gasteiger partial charge in [-0.3, -0.25) is 9.69 Å². The van der Waals surface area contributed by atoms with Crippen molar-refractivity contribution in [3.63, 3.8) is 0 Å². The van der Waals surface area contributed by atoms with Crippen molar-refractivity contribution in [2.45, 2.75) is 6.54 Å². The van der Waals surface area contributed by atoms with Crippen LogP contribution in [0.15, 0.2) is 42.6 Å². The van der Waals surface area contributed by atoms with Crippen LogP contribution >= 0.6 is 0 Å². The Bertz CT molecular complexity index is 974. The first kappa shape index (κ1) is 17.6. The second-order valence-electron chi connectivity index (χ2n) is 7.04. The normalized spacial score (nSPS) is 16.1. The fourth-order valence-corrected chi connectivity index (χ4v) is 3.42. The van der Waals surface area contributed by atoms with E-state index in [-0.39, 0.29) is 16.5 Å². The van der Waals surface area contributed by atoms with Gasteiger partial charge in [-0.2, -0.15) is 5.10 Å². The molecule has 7 heteroatoms. The molecular formula is C20H22FN5O. The van der Waals surface area contributed by atoms with Crippen LogP contribution in [0.2, 0.25) is 0 Å². The summed E-state index contributed by atoms with van der Waals surface area (Å²) in [5.74, 6) is -1.04. The molecule has 6 nitrogen and oxygen atoms in total. The van der Waals surface area contributed by atoms with Gasteiger partial charge in [0.15, 0.2) is 0 Å². The Balaban J connectivity index is 1.58. The van der Waals surface area contributed by atoms with Crippen LogP contribution in [0.25, 0.3) is 16.6 Å². The maximum atomic E-state index is 14.1. The van der Waals surface area contributed by atoms with Crippen LogP contribution in [0.5, 0.6) is 0 Å². The Morgan fingerprint density at radius 2 is 1.81 bits per heavy atom. The number of benzene rings is 2. The molecule has 0 spiro atoms.